The summed E-state index contributed by atoms with van der Waals surface area (Å²) in [7, 11) is -3.85. The van der Waals surface area contributed by atoms with Crippen molar-refractivity contribution in [3.05, 3.63) is 27.8 Å². The van der Waals surface area contributed by atoms with E-state index in [-0.39, 0.29) is 17.9 Å². The van der Waals surface area contributed by atoms with E-state index in [4.69, 9.17) is 5.11 Å². The second-order valence-electron chi connectivity index (χ2n) is 6.21. The molecule has 3 N–H and O–H groups in total. The van der Waals surface area contributed by atoms with Gasteiger partial charge >= 0.3 is 5.97 Å². The summed E-state index contributed by atoms with van der Waals surface area (Å²) < 4.78 is 40.2. The molecule has 1 aromatic carbocycles. The van der Waals surface area contributed by atoms with Gasteiger partial charge in [-0.05, 0) is 62.4 Å². The summed E-state index contributed by atoms with van der Waals surface area (Å²) in [5, 5.41) is 10.7. The number of hydrogen-bond donors (Lipinski definition) is 3. The Morgan fingerprint density at radius 3 is 1.88 bits per heavy atom. The van der Waals surface area contributed by atoms with E-state index < -0.39 is 34.6 Å². The smallest absolute Gasteiger partial charge is 0.328 e. The number of aliphatic carboxylic acids is 1. The third-order valence-electron chi connectivity index (χ3n) is 4.63. The Balaban J connectivity index is 2.89. The van der Waals surface area contributed by atoms with E-state index in [1.807, 2.05) is 26.1 Å². The van der Waals surface area contributed by atoms with Gasteiger partial charge < -0.3 is 10.4 Å². The van der Waals surface area contributed by atoms with Crippen molar-refractivity contribution in [3.8, 4) is 0 Å². The average molecular weight is 388 g/mol. The van der Waals surface area contributed by atoms with Crippen LogP contribution in [0.25, 0.3) is 0 Å². The molecule has 0 saturated carbocycles. The van der Waals surface area contributed by atoms with Crippen LogP contribution < -0.4 is 10.0 Å². The zero-order valence-electron chi connectivity index (χ0n) is 15.6. The maximum Gasteiger partial charge on any atom is 0.328 e. The van der Waals surface area contributed by atoms with Gasteiger partial charge in [0, 0.05) is 13.0 Å². The van der Waals surface area contributed by atoms with E-state index in [0.29, 0.717) is 11.1 Å². The number of carbonyl (C=O) groups is 2. The maximum absolute atomic E-state index is 12.7. The van der Waals surface area contributed by atoms with Gasteiger partial charge in [-0.15, -0.1) is 0 Å². The van der Waals surface area contributed by atoms with Crippen LogP contribution in [0.4, 0.5) is 4.39 Å². The van der Waals surface area contributed by atoms with Crippen LogP contribution in [0.5, 0.6) is 0 Å². The fourth-order valence-corrected chi connectivity index (χ4v) is 4.30. The van der Waals surface area contributed by atoms with Crippen LogP contribution in [-0.4, -0.2) is 44.7 Å². The Labute approximate surface area is 153 Å². The minimum absolute atomic E-state index is 0.186. The van der Waals surface area contributed by atoms with E-state index in [1.165, 1.54) is 0 Å². The van der Waals surface area contributed by atoms with Crippen molar-refractivity contribution in [3.63, 3.8) is 0 Å². The number of benzene rings is 1. The molecule has 0 aliphatic heterocycles. The molecule has 0 aliphatic rings. The van der Waals surface area contributed by atoms with Crippen molar-refractivity contribution in [2.75, 3.05) is 13.2 Å². The van der Waals surface area contributed by atoms with Gasteiger partial charge in [-0.25, -0.2) is 22.3 Å². The monoisotopic (exact) mass is 388 g/mol. The molecule has 146 valence electrons. The SMILES string of the molecule is Cc1c(C)c(C)c(S(=O)(=O)NCCC(=O)NC(CF)C(=O)O)c(C)c1C. The molecule has 26 heavy (non-hydrogen) atoms. The number of alkyl halides is 1. The minimum Gasteiger partial charge on any atom is -0.480 e. The highest BCUT2D eigenvalue weighted by atomic mass is 32.2. The van der Waals surface area contributed by atoms with Crippen molar-refractivity contribution in [1.82, 2.24) is 10.0 Å². The molecule has 7 nitrogen and oxygen atoms in total. The Hall–Kier alpha value is -2.00. The van der Waals surface area contributed by atoms with Crippen LogP contribution in [0.15, 0.2) is 4.90 Å². The van der Waals surface area contributed by atoms with E-state index >= 15 is 0 Å². The second-order valence-corrected chi connectivity index (χ2v) is 7.92. The summed E-state index contributed by atoms with van der Waals surface area (Å²) in [4.78, 5) is 22.5. The van der Waals surface area contributed by atoms with Gasteiger partial charge in [-0.3, -0.25) is 4.79 Å². The van der Waals surface area contributed by atoms with E-state index in [2.05, 4.69) is 4.72 Å². The van der Waals surface area contributed by atoms with Crippen LogP contribution in [-0.2, 0) is 19.6 Å². The Morgan fingerprint density at radius 2 is 1.46 bits per heavy atom. The highest BCUT2D eigenvalue weighted by molar-refractivity contribution is 7.89. The van der Waals surface area contributed by atoms with Crippen molar-refractivity contribution in [1.29, 1.82) is 0 Å². The summed E-state index contributed by atoms with van der Waals surface area (Å²) in [5.74, 6) is -2.24. The highest BCUT2D eigenvalue weighted by Crippen LogP contribution is 2.29. The molecule has 0 fully saturated rings. The van der Waals surface area contributed by atoms with Gasteiger partial charge in [-0.1, -0.05) is 0 Å². The quantitative estimate of drug-likeness (QED) is 0.624. The largest absolute Gasteiger partial charge is 0.480 e. The summed E-state index contributed by atoms with van der Waals surface area (Å²) in [6, 6.07) is -1.63. The Kier molecular flexibility index (Phi) is 7.28. The first-order valence-corrected chi connectivity index (χ1v) is 9.57. The number of nitrogens with one attached hydrogen (secondary N) is 2. The van der Waals surface area contributed by atoms with Crippen molar-refractivity contribution >= 4 is 21.9 Å². The van der Waals surface area contributed by atoms with Gasteiger partial charge in [-0.2, -0.15) is 0 Å². The molecule has 0 bridgehead atoms. The predicted octanol–water partition coefficient (Wildman–Crippen LogP) is 1.44. The first-order valence-electron chi connectivity index (χ1n) is 8.08. The van der Waals surface area contributed by atoms with E-state index in [1.54, 1.807) is 13.8 Å². The van der Waals surface area contributed by atoms with Crippen LogP contribution in [0, 0.1) is 34.6 Å². The molecule has 0 aromatic heterocycles. The molecule has 0 heterocycles. The van der Waals surface area contributed by atoms with Gasteiger partial charge in [0.2, 0.25) is 15.9 Å². The van der Waals surface area contributed by atoms with Gasteiger partial charge in [0.25, 0.3) is 0 Å². The van der Waals surface area contributed by atoms with Crippen LogP contribution >= 0.6 is 0 Å². The molecule has 1 unspecified atom stereocenters. The lowest BCUT2D eigenvalue weighted by Crippen LogP contribution is -2.43. The predicted molar refractivity (Wildman–Crippen MR) is 95.5 cm³/mol. The summed E-state index contributed by atoms with van der Waals surface area (Å²) in [5.41, 5.74) is 4.10. The van der Waals surface area contributed by atoms with Crippen LogP contribution in [0.3, 0.4) is 0 Å². The number of hydrogen-bond acceptors (Lipinski definition) is 4. The summed E-state index contributed by atoms with van der Waals surface area (Å²) >= 11 is 0. The lowest BCUT2D eigenvalue weighted by Gasteiger charge is -2.19. The molecule has 0 saturated heterocycles. The highest BCUT2D eigenvalue weighted by Gasteiger charge is 2.24. The molecule has 0 aliphatic carbocycles. The topological polar surface area (TPSA) is 113 Å². The third-order valence-corrected chi connectivity index (χ3v) is 6.37. The normalized spacial score (nSPS) is 12.7. The van der Waals surface area contributed by atoms with Crippen molar-refractivity contribution in [2.24, 2.45) is 0 Å². The summed E-state index contributed by atoms with van der Waals surface area (Å²) in [6.07, 6.45) is -0.301. The first kappa shape index (κ1) is 22.0. The fraction of sp³-hybridized carbons (Fsp3) is 0.529. The Morgan fingerprint density at radius 1 is 1.00 bits per heavy atom. The molecule has 1 atom stereocenters. The molecule has 0 spiro atoms. The molecule has 1 aromatic rings. The number of amides is 1. The van der Waals surface area contributed by atoms with Crippen LogP contribution in [0.1, 0.15) is 34.2 Å². The zero-order chi connectivity index (χ0) is 20.2. The fourth-order valence-electron chi connectivity index (χ4n) is 2.67. The molecule has 9 heteroatoms. The maximum atomic E-state index is 12.7. The second kappa shape index (κ2) is 8.59. The van der Waals surface area contributed by atoms with E-state index in [0.717, 1.165) is 16.7 Å². The van der Waals surface area contributed by atoms with Gasteiger partial charge in [0.05, 0.1) is 4.90 Å². The number of carboxylic acids is 1. The third kappa shape index (κ3) is 4.79. The number of carbonyl (C=O) groups excluding carboxylic acids is 1. The minimum atomic E-state index is -3.85. The summed E-state index contributed by atoms with van der Waals surface area (Å²) in [6.45, 7) is 7.63. The average Bonchev–Trinajstić information content (AvgIpc) is 2.55. The van der Waals surface area contributed by atoms with Crippen molar-refractivity contribution < 1.29 is 27.5 Å². The molecule has 0 radical (unpaired) electrons. The van der Waals surface area contributed by atoms with Gasteiger partial charge in [0.1, 0.15) is 6.67 Å². The number of rotatable bonds is 8. The van der Waals surface area contributed by atoms with E-state index in [9.17, 15) is 22.4 Å². The lowest BCUT2D eigenvalue weighted by atomic mass is 9.95. The molecule has 1 rings (SSSR count). The van der Waals surface area contributed by atoms with Gasteiger partial charge in [0.15, 0.2) is 6.04 Å². The number of carboxylic acid groups (broad SMARTS) is 1. The molecular weight excluding hydrogens is 363 g/mol. The Bertz CT molecular complexity index is 792. The lowest BCUT2D eigenvalue weighted by molar-refractivity contribution is -0.142. The number of sulfonamides is 1. The van der Waals surface area contributed by atoms with Crippen LogP contribution in [0.2, 0.25) is 0 Å². The number of halogens is 1. The standard InChI is InChI=1S/C17H25FN2O5S/c1-9-10(2)12(4)16(13(5)11(9)3)26(24,25)19-7-6-15(21)20-14(8-18)17(22)23/h14,19H,6-8H2,1-5H3,(H,20,21)(H,22,23). The van der Waals surface area contributed by atoms with Crippen molar-refractivity contribution in [2.45, 2.75) is 52.0 Å². The molecule has 1 amide bonds. The first-order chi connectivity index (χ1) is 11.9. The molecular formula is C17H25FN2O5S. The zero-order valence-corrected chi connectivity index (χ0v) is 16.4.